The van der Waals surface area contributed by atoms with E-state index in [1.165, 1.54) is 5.56 Å². The zero-order valence-corrected chi connectivity index (χ0v) is 23.1. The van der Waals surface area contributed by atoms with Crippen molar-refractivity contribution in [2.75, 3.05) is 18.4 Å². The van der Waals surface area contributed by atoms with E-state index in [4.69, 9.17) is 9.90 Å². The predicted molar refractivity (Wildman–Crippen MR) is 158 cm³/mol. The molecule has 1 aliphatic rings. The molecule has 3 aromatic carbocycles. The van der Waals surface area contributed by atoms with E-state index in [-0.39, 0.29) is 30.9 Å². The average molecular weight is 566 g/mol. The summed E-state index contributed by atoms with van der Waals surface area (Å²) in [7, 11) is 0. The van der Waals surface area contributed by atoms with Crippen molar-refractivity contribution in [3.63, 3.8) is 0 Å². The second-order valence-corrected chi connectivity index (χ2v) is 10.0. The Morgan fingerprint density at radius 2 is 1.69 bits per heavy atom. The van der Waals surface area contributed by atoms with Gasteiger partial charge in [-0.05, 0) is 49.1 Å². The average Bonchev–Trinajstić information content (AvgIpc) is 3.65. The Balaban J connectivity index is 0.00000113. The van der Waals surface area contributed by atoms with Crippen molar-refractivity contribution in [2.24, 2.45) is 0 Å². The summed E-state index contributed by atoms with van der Waals surface area (Å²) in [6.45, 7) is 3.16. The van der Waals surface area contributed by atoms with Gasteiger partial charge in [-0.3, -0.25) is 19.1 Å². The standard InChI is InChI=1S/C30H29N7O2.CH2O2/c1-21-10-12-22(13-11-21)25-6-2-3-7-26(25)30(39)35-16-14-24(15-17-35)36-19-23(18-31-36)32-29(38)20-37-28-9-5-4-8-27(28)33-34-37;2-1-3/h2-13,18-19,24H,14-17,20H2,1H3,(H,32,38);1H,(H,2,3). The number of benzene rings is 3. The van der Waals surface area contributed by atoms with Crippen LogP contribution < -0.4 is 5.32 Å². The summed E-state index contributed by atoms with van der Waals surface area (Å²) in [5.74, 6) is -0.142. The minimum absolute atomic E-state index is 0.0543. The molecule has 1 aliphatic heterocycles. The van der Waals surface area contributed by atoms with Crippen LogP contribution in [-0.2, 0) is 16.1 Å². The highest BCUT2D eigenvalue weighted by molar-refractivity contribution is 6.01. The molecule has 3 heterocycles. The smallest absolute Gasteiger partial charge is 0.290 e. The topological polar surface area (TPSA) is 135 Å². The van der Waals surface area contributed by atoms with E-state index in [0.717, 1.165) is 40.6 Å². The van der Waals surface area contributed by atoms with Crippen LogP contribution >= 0.6 is 0 Å². The maximum Gasteiger partial charge on any atom is 0.290 e. The van der Waals surface area contributed by atoms with Gasteiger partial charge in [-0.2, -0.15) is 5.10 Å². The zero-order valence-electron chi connectivity index (χ0n) is 23.1. The summed E-state index contributed by atoms with van der Waals surface area (Å²) in [6, 6.07) is 23.8. The van der Waals surface area contributed by atoms with E-state index in [2.05, 4.69) is 51.9 Å². The van der Waals surface area contributed by atoms with E-state index in [1.807, 2.05) is 64.3 Å². The highest BCUT2D eigenvalue weighted by Crippen LogP contribution is 2.28. The van der Waals surface area contributed by atoms with E-state index in [1.54, 1.807) is 10.9 Å². The van der Waals surface area contributed by atoms with Gasteiger partial charge in [0.15, 0.2) is 0 Å². The van der Waals surface area contributed by atoms with Gasteiger partial charge in [0.1, 0.15) is 12.1 Å². The van der Waals surface area contributed by atoms with Crippen LogP contribution in [0.2, 0.25) is 0 Å². The number of likely N-dealkylation sites (tertiary alicyclic amines) is 1. The maximum atomic E-state index is 13.5. The number of amides is 2. The summed E-state index contributed by atoms with van der Waals surface area (Å²) in [5, 5.41) is 22.5. The third kappa shape index (κ3) is 6.35. The molecule has 0 saturated carbocycles. The number of fused-ring (bicyclic) bond motifs is 1. The van der Waals surface area contributed by atoms with Crippen LogP contribution in [0.25, 0.3) is 22.2 Å². The lowest BCUT2D eigenvalue weighted by Crippen LogP contribution is -2.39. The number of hydrogen-bond donors (Lipinski definition) is 2. The Labute approximate surface area is 242 Å². The van der Waals surface area contributed by atoms with Crippen molar-refractivity contribution >= 4 is 35.0 Å². The van der Waals surface area contributed by atoms with Gasteiger partial charge >= 0.3 is 0 Å². The fraction of sp³-hybridized carbons (Fsp3) is 0.226. The minimum atomic E-state index is -0.250. The normalized spacial score (nSPS) is 13.3. The number of piperidine rings is 1. The van der Waals surface area contributed by atoms with Crippen LogP contribution in [0, 0.1) is 6.92 Å². The fourth-order valence-corrected chi connectivity index (χ4v) is 5.13. The summed E-state index contributed by atoms with van der Waals surface area (Å²) >= 11 is 0. The molecule has 0 atom stereocenters. The van der Waals surface area contributed by atoms with E-state index >= 15 is 0 Å². The van der Waals surface area contributed by atoms with Crippen molar-refractivity contribution in [1.82, 2.24) is 29.7 Å². The van der Waals surface area contributed by atoms with Gasteiger partial charge in [0, 0.05) is 24.8 Å². The fourth-order valence-electron chi connectivity index (χ4n) is 5.13. The van der Waals surface area contributed by atoms with Gasteiger partial charge < -0.3 is 15.3 Å². The Kier molecular flexibility index (Phi) is 8.67. The number of carbonyl (C=O) groups excluding carboxylic acids is 2. The highest BCUT2D eigenvalue weighted by Gasteiger charge is 2.26. The number of hydrogen-bond acceptors (Lipinski definition) is 6. The minimum Gasteiger partial charge on any atom is -0.483 e. The first-order chi connectivity index (χ1) is 20.5. The number of aromatic nitrogens is 5. The number of anilines is 1. The summed E-state index contributed by atoms with van der Waals surface area (Å²) in [4.78, 5) is 36.4. The van der Waals surface area contributed by atoms with Crippen molar-refractivity contribution in [2.45, 2.75) is 32.4 Å². The Hall–Kier alpha value is -5.32. The number of nitrogens with one attached hydrogen (secondary N) is 1. The molecule has 2 amide bonds. The Morgan fingerprint density at radius 3 is 2.45 bits per heavy atom. The molecule has 2 aromatic heterocycles. The first-order valence-corrected chi connectivity index (χ1v) is 13.6. The molecule has 2 N–H and O–H groups in total. The van der Waals surface area contributed by atoms with Crippen LogP contribution in [0.5, 0.6) is 0 Å². The second-order valence-electron chi connectivity index (χ2n) is 10.0. The van der Waals surface area contributed by atoms with Gasteiger partial charge in [-0.25, -0.2) is 4.68 Å². The van der Waals surface area contributed by atoms with Gasteiger partial charge in [0.25, 0.3) is 12.4 Å². The second kappa shape index (κ2) is 12.9. The molecule has 11 nitrogen and oxygen atoms in total. The number of carbonyl (C=O) groups is 3. The van der Waals surface area contributed by atoms with E-state index < -0.39 is 0 Å². The molecule has 1 saturated heterocycles. The van der Waals surface area contributed by atoms with Gasteiger partial charge in [-0.1, -0.05) is 65.4 Å². The largest absolute Gasteiger partial charge is 0.483 e. The quantitative estimate of drug-likeness (QED) is 0.291. The van der Waals surface area contributed by atoms with Gasteiger partial charge in [0.05, 0.1) is 23.4 Å². The Bertz CT molecular complexity index is 1690. The van der Waals surface area contributed by atoms with Crippen LogP contribution in [-0.4, -0.2) is 66.2 Å². The molecule has 11 heteroatoms. The van der Waals surface area contributed by atoms with E-state index in [0.29, 0.717) is 18.8 Å². The molecular weight excluding hydrogens is 534 g/mol. The van der Waals surface area contributed by atoms with Crippen LogP contribution in [0.3, 0.4) is 0 Å². The SMILES string of the molecule is Cc1ccc(-c2ccccc2C(=O)N2CCC(n3cc(NC(=O)Cn4nnc5ccccc54)cn3)CC2)cc1.O=CO. The third-order valence-corrected chi connectivity index (χ3v) is 7.24. The summed E-state index contributed by atoms with van der Waals surface area (Å²) < 4.78 is 3.47. The molecule has 42 heavy (non-hydrogen) atoms. The molecule has 1 fully saturated rings. The van der Waals surface area contributed by atoms with Crippen LogP contribution in [0.4, 0.5) is 5.69 Å². The first kappa shape index (κ1) is 28.2. The van der Waals surface area contributed by atoms with Crippen LogP contribution in [0.1, 0.15) is 34.8 Å². The molecule has 0 radical (unpaired) electrons. The van der Waals surface area contributed by atoms with E-state index in [9.17, 15) is 9.59 Å². The molecule has 6 rings (SSSR count). The Morgan fingerprint density at radius 1 is 1.00 bits per heavy atom. The lowest BCUT2D eigenvalue weighted by atomic mass is 9.97. The molecular formula is C31H31N7O4. The maximum absolute atomic E-state index is 13.5. The van der Waals surface area contributed by atoms with Crippen molar-refractivity contribution in [3.8, 4) is 11.1 Å². The number of aryl methyl sites for hydroxylation is 1. The summed E-state index contributed by atoms with van der Waals surface area (Å²) in [5.41, 5.74) is 6.11. The van der Waals surface area contributed by atoms with Gasteiger partial charge in [0.2, 0.25) is 5.91 Å². The van der Waals surface area contributed by atoms with Crippen molar-refractivity contribution in [1.29, 1.82) is 0 Å². The lowest BCUT2D eigenvalue weighted by molar-refractivity contribution is -0.123. The molecule has 5 aromatic rings. The van der Waals surface area contributed by atoms with Crippen LogP contribution in [0.15, 0.2) is 85.2 Å². The third-order valence-electron chi connectivity index (χ3n) is 7.24. The zero-order chi connectivity index (χ0) is 29.5. The number of para-hydroxylation sites is 1. The van der Waals surface area contributed by atoms with Crippen molar-refractivity contribution in [3.05, 3.63) is 96.3 Å². The highest BCUT2D eigenvalue weighted by atomic mass is 16.3. The summed E-state index contributed by atoms with van der Waals surface area (Å²) in [6.07, 6.45) is 5.09. The first-order valence-electron chi connectivity index (χ1n) is 13.6. The number of carboxylic acid groups (broad SMARTS) is 1. The van der Waals surface area contributed by atoms with Gasteiger partial charge in [-0.15, -0.1) is 5.10 Å². The molecule has 0 unspecified atom stereocenters. The molecule has 214 valence electrons. The molecule has 0 aliphatic carbocycles. The van der Waals surface area contributed by atoms with Crippen molar-refractivity contribution < 1.29 is 19.5 Å². The monoisotopic (exact) mass is 565 g/mol. The predicted octanol–water partition coefficient (Wildman–Crippen LogP) is 4.42. The molecule has 0 bridgehead atoms. The number of rotatable bonds is 6. The molecule has 0 spiro atoms. The number of nitrogens with zero attached hydrogens (tertiary/aromatic N) is 6. The lowest BCUT2D eigenvalue weighted by Gasteiger charge is -2.32.